The molecule has 0 saturated heterocycles. The van der Waals surface area contributed by atoms with Crippen molar-refractivity contribution in [2.24, 2.45) is 5.41 Å². The lowest BCUT2D eigenvalue weighted by Gasteiger charge is -2.28. The Morgan fingerprint density at radius 3 is 2.45 bits per heavy atom. The van der Waals surface area contributed by atoms with E-state index in [0.717, 1.165) is 12.1 Å². The second-order valence-electron chi connectivity index (χ2n) is 6.53. The van der Waals surface area contributed by atoms with Gasteiger partial charge in [-0.1, -0.05) is 19.9 Å². The van der Waals surface area contributed by atoms with Gasteiger partial charge in [-0.05, 0) is 25.6 Å². The van der Waals surface area contributed by atoms with Crippen LogP contribution < -0.4 is 14.8 Å². The number of carbonyl (C=O) groups excluding carboxylic acids is 1. The highest BCUT2D eigenvalue weighted by Crippen LogP contribution is 2.25. The summed E-state index contributed by atoms with van der Waals surface area (Å²) < 4.78 is 10.5. The van der Waals surface area contributed by atoms with E-state index >= 15 is 0 Å². The topological polar surface area (TPSA) is 50.8 Å². The van der Waals surface area contributed by atoms with Gasteiger partial charge in [0.1, 0.15) is 11.5 Å². The first-order valence-corrected chi connectivity index (χ1v) is 7.40. The fourth-order valence-corrected chi connectivity index (χ4v) is 2.48. The number of rotatable bonds is 8. The average molecular weight is 308 g/mol. The minimum Gasteiger partial charge on any atom is -0.497 e. The van der Waals surface area contributed by atoms with Crippen molar-refractivity contribution in [2.45, 2.75) is 20.3 Å². The third-order valence-electron chi connectivity index (χ3n) is 3.35. The van der Waals surface area contributed by atoms with E-state index in [-0.39, 0.29) is 11.3 Å². The molecule has 1 N–H and O–H groups in total. The molecule has 5 nitrogen and oxygen atoms in total. The molecule has 0 radical (unpaired) electrons. The first-order chi connectivity index (χ1) is 10.3. The Balaban J connectivity index is 2.62. The van der Waals surface area contributed by atoms with Crippen LogP contribution in [0.15, 0.2) is 18.2 Å². The van der Waals surface area contributed by atoms with Gasteiger partial charge in [0.2, 0.25) is 5.91 Å². The summed E-state index contributed by atoms with van der Waals surface area (Å²) in [5, 5.41) is 3.00. The smallest absolute Gasteiger partial charge is 0.224 e. The number of ether oxygens (including phenoxy) is 2. The molecule has 0 spiro atoms. The van der Waals surface area contributed by atoms with Crippen LogP contribution in [-0.2, 0) is 11.2 Å². The predicted molar refractivity (Wildman–Crippen MR) is 88.6 cm³/mol. The van der Waals surface area contributed by atoms with Crippen LogP contribution in [0.25, 0.3) is 0 Å². The van der Waals surface area contributed by atoms with Crippen molar-refractivity contribution in [3.63, 3.8) is 0 Å². The van der Waals surface area contributed by atoms with Crippen LogP contribution in [0, 0.1) is 5.41 Å². The summed E-state index contributed by atoms with van der Waals surface area (Å²) in [5.74, 6) is 1.38. The highest BCUT2D eigenvalue weighted by atomic mass is 16.5. The van der Waals surface area contributed by atoms with Gasteiger partial charge >= 0.3 is 0 Å². The molecule has 0 aliphatic rings. The van der Waals surface area contributed by atoms with Gasteiger partial charge in [-0.3, -0.25) is 4.79 Å². The number of benzene rings is 1. The maximum absolute atomic E-state index is 12.2. The molecular formula is C17H28N2O3. The van der Waals surface area contributed by atoms with Crippen molar-refractivity contribution in [1.29, 1.82) is 0 Å². The van der Waals surface area contributed by atoms with E-state index in [0.29, 0.717) is 24.5 Å². The summed E-state index contributed by atoms with van der Waals surface area (Å²) in [5.41, 5.74) is 0.884. The first kappa shape index (κ1) is 18.3. The first-order valence-electron chi connectivity index (χ1n) is 7.40. The van der Waals surface area contributed by atoms with Crippen LogP contribution in [0.4, 0.5) is 0 Å². The minimum absolute atomic E-state index is 0.00435. The molecule has 0 aliphatic heterocycles. The zero-order valence-corrected chi connectivity index (χ0v) is 14.5. The number of amides is 1. The molecule has 0 aliphatic carbocycles. The lowest BCUT2D eigenvalue weighted by molar-refractivity contribution is -0.120. The van der Waals surface area contributed by atoms with Gasteiger partial charge in [0.25, 0.3) is 0 Å². The SMILES string of the molecule is COc1ccc(CC(=O)NCC(C)(C)CN(C)C)c(OC)c1. The van der Waals surface area contributed by atoms with Crippen molar-refractivity contribution in [2.75, 3.05) is 41.4 Å². The second kappa shape index (κ2) is 8.03. The zero-order chi connectivity index (χ0) is 16.8. The van der Waals surface area contributed by atoms with E-state index < -0.39 is 0 Å². The molecule has 0 unspecified atom stereocenters. The van der Waals surface area contributed by atoms with E-state index in [1.807, 2.05) is 26.2 Å². The number of methoxy groups -OCH3 is 2. The summed E-state index contributed by atoms with van der Waals surface area (Å²) in [6.45, 7) is 5.84. The Bertz CT molecular complexity index is 499. The monoisotopic (exact) mass is 308 g/mol. The average Bonchev–Trinajstić information content (AvgIpc) is 2.44. The molecule has 0 fully saturated rings. The molecule has 22 heavy (non-hydrogen) atoms. The van der Waals surface area contributed by atoms with Crippen LogP contribution >= 0.6 is 0 Å². The molecule has 124 valence electrons. The zero-order valence-electron chi connectivity index (χ0n) is 14.5. The molecule has 1 amide bonds. The third kappa shape index (κ3) is 5.93. The quantitative estimate of drug-likeness (QED) is 0.797. The molecule has 1 rings (SSSR count). The highest BCUT2D eigenvalue weighted by molar-refractivity contribution is 5.79. The number of hydrogen-bond donors (Lipinski definition) is 1. The summed E-state index contributed by atoms with van der Waals surface area (Å²) in [6, 6.07) is 5.49. The number of nitrogens with zero attached hydrogens (tertiary/aromatic N) is 1. The summed E-state index contributed by atoms with van der Waals surface area (Å²) >= 11 is 0. The Labute approximate surface area is 133 Å². The molecular weight excluding hydrogens is 280 g/mol. The van der Waals surface area contributed by atoms with E-state index in [4.69, 9.17) is 9.47 Å². The summed E-state index contributed by atoms with van der Waals surface area (Å²) in [6.07, 6.45) is 0.297. The van der Waals surface area contributed by atoms with Crippen LogP contribution in [0.2, 0.25) is 0 Å². The Morgan fingerprint density at radius 2 is 1.91 bits per heavy atom. The molecule has 0 heterocycles. The second-order valence-corrected chi connectivity index (χ2v) is 6.53. The summed E-state index contributed by atoms with van der Waals surface area (Å²) in [4.78, 5) is 14.3. The van der Waals surface area contributed by atoms with Gasteiger partial charge in [-0.15, -0.1) is 0 Å². The van der Waals surface area contributed by atoms with Crippen molar-refractivity contribution >= 4 is 5.91 Å². The Kier molecular flexibility index (Phi) is 6.68. The molecule has 1 aromatic carbocycles. The van der Waals surface area contributed by atoms with E-state index in [1.165, 1.54) is 0 Å². The molecule has 0 saturated carbocycles. The van der Waals surface area contributed by atoms with E-state index in [9.17, 15) is 4.79 Å². The highest BCUT2D eigenvalue weighted by Gasteiger charge is 2.20. The maximum Gasteiger partial charge on any atom is 0.224 e. The van der Waals surface area contributed by atoms with Gasteiger partial charge in [-0.25, -0.2) is 0 Å². The lowest BCUT2D eigenvalue weighted by Crippen LogP contribution is -2.40. The standard InChI is InChI=1S/C17H28N2O3/c1-17(2,12-19(3)4)11-18-16(20)9-13-7-8-14(21-5)10-15(13)22-6/h7-8,10H,9,11-12H2,1-6H3,(H,18,20). The largest absolute Gasteiger partial charge is 0.497 e. The van der Waals surface area contributed by atoms with Gasteiger partial charge in [0.05, 0.1) is 20.6 Å². The normalized spacial score (nSPS) is 11.4. The van der Waals surface area contributed by atoms with Crippen molar-refractivity contribution in [3.8, 4) is 11.5 Å². The number of hydrogen-bond acceptors (Lipinski definition) is 4. The Hall–Kier alpha value is -1.75. The van der Waals surface area contributed by atoms with E-state index in [2.05, 4.69) is 24.1 Å². The van der Waals surface area contributed by atoms with Gasteiger partial charge < -0.3 is 19.7 Å². The number of carbonyl (C=O) groups is 1. The molecule has 0 atom stereocenters. The van der Waals surface area contributed by atoms with Crippen molar-refractivity contribution in [3.05, 3.63) is 23.8 Å². The molecule has 5 heteroatoms. The van der Waals surface area contributed by atoms with Gasteiger partial charge in [0, 0.05) is 24.7 Å². The number of nitrogens with one attached hydrogen (secondary N) is 1. The minimum atomic E-state index is -0.00435. The third-order valence-corrected chi connectivity index (χ3v) is 3.35. The van der Waals surface area contributed by atoms with Gasteiger partial charge in [-0.2, -0.15) is 0 Å². The maximum atomic E-state index is 12.2. The molecule has 1 aromatic rings. The predicted octanol–water partition coefficient (Wildman–Crippen LogP) is 1.95. The van der Waals surface area contributed by atoms with Crippen LogP contribution in [0.5, 0.6) is 11.5 Å². The Morgan fingerprint density at radius 1 is 1.23 bits per heavy atom. The lowest BCUT2D eigenvalue weighted by atomic mass is 9.93. The van der Waals surface area contributed by atoms with Crippen molar-refractivity contribution in [1.82, 2.24) is 10.2 Å². The fraction of sp³-hybridized carbons (Fsp3) is 0.588. The molecule has 0 aromatic heterocycles. The van der Waals surface area contributed by atoms with Crippen LogP contribution in [-0.4, -0.2) is 52.2 Å². The molecule has 0 bridgehead atoms. The van der Waals surface area contributed by atoms with Gasteiger partial charge in [0.15, 0.2) is 0 Å². The van der Waals surface area contributed by atoms with Crippen LogP contribution in [0.3, 0.4) is 0 Å². The summed E-state index contributed by atoms with van der Waals surface area (Å²) in [7, 11) is 7.27. The van der Waals surface area contributed by atoms with Crippen molar-refractivity contribution < 1.29 is 14.3 Å². The fourth-order valence-electron chi connectivity index (χ4n) is 2.48. The van der Waals surface area contributed by atoms with E-state index in [1.54, 1.807) is 20.3 Å². The van der Waals surface area contributed by atoms with Crippen LogP contribution in [0.1, 0.15) is 19.4 Å².